The normalized spacial score (nSPS) is 28.6. The summed E-state index contributed by atoms with van der Waals surface area (Å²) in [7, 11) is 1.64. The zero-order chi connectivity index (χ0) is 30.7. The van der Waals surface area contributed by atoms with E-state index >= 15 is 0 Å². The Kier molecular flexibility index (Phi) is 9.87. The lowest BCUT2D eigenvalue weighted by Gasteiger charge is -2.45. The molecule has 1 aromatic rings. The highest BCUT2D eigenvalue weighted by Gasteiger charge is 2.48. The minimum Gasteiger partial charge on any atom is -0.493 e. The van der Waals surface area contributed by atoms with Gasteiger partial charge in [0.1, 0.15) is 17.8 Å². The van der Waals surface area contributed by atoms with Crippen LogP contribution in [0.15, 0.2) is 24.3 Å². The van der Waals surface area contributed by atoms with Gasteiger partial charge in [0.05, 0.1) is 24.8 Å². The van der Waals surface area contributed by atoms with Gasteiger partial charge < -0.3 is 30.3 Å². The van der Waals surface area contributed by atoms with Crippen LogP contribution in [0, 0.1) is 5.92 Å². The maximum atomic E-state index is 14.5. The number of fused-ring (bicyclic) bond motifs is 2. The van der Waals surface area contributed by atoms with Crippen LogP contribution in [0.2, 0.25) is 0 Å². The van der Waals surface area contributed by atoms with E-state index in [4.69, 9.17) is 9.47 Å². The van der Waals surface area contributed by atoms with Gasteiger partial charge in [0.25, 0.3) is 0 Å². The van der Waals surface area contributed by atoms with Gasteiger partial charge in [-0.15, -0.1) is 0 Å². The van der Waals surface area contributed by atoms with Crippen LogP contribution in [0.25, 0.3) is 0 Å². The number of amides is 3. The molecular weight excluding hydrogens is 560 g/mol. The quantitative estimate of drug-likeness (QED) is 0.396. The number of carbonyl (C=O) groups excluding carboxylic acids is 3. The maximum Gasteiger partial charge on any atom is 0.248 e. The Balaban J connectivity index is 1.41. The van der Waals surface area contributed by atoms with Crippen molar-refractivity contribution in [3.8, 4) is 5.75 Å². The molecule has 1 saturated carbocycles. The van der Waals surface area contributed by atoms with Gasteiger partial charge >= 0.3 is 0 Å². The highest BCUT2D eigenvalue weighted by Crippen LogP contribution is 2.39. The number of benzene rings is 1. The smallest absolute Gasteiger partial charge is 0.248 e. The Bertz CT molecular complexity index is 1160. The number of piperazine rings is 1. The standard InChI is InChI=1S/C31H45F2N5O5/c1-4-42-22-15-21-16-38(30(41)27(36-28(39)19(2)34-3)20-9-12-31(32,33)13-10-20)25(18-37(21)17-22)29(40)35-24-11-14-43-26-8-6-5-7-23(24)26/h5-8,19-22,24-25,27,34H,4,9-18H2,1-3H3,(H,35,40)(H,36,39)/t19-,21-,22?,24-,25?,27+/m1/s1. The highest BCUT2D eigenvalue weighted by atomic mass is 19.3. The van der Waals surface area contributed by atoms with Crippen molar-refractivity contribution in [1.82, 2.24) is 25.8 Å². The van der Waals surface area contributed by atoms with E-state index in [-0.39, 0.29) is 61.6 Å². The minimum atomic E-state index is -2.78. The highest BCUT2D eigenvalue weighted by molar-refractivity contribution is 5.93. The number of hydrogen-bond donors (Lipinski definition) is 3. The number of alkyl halides is 2. The summed E-state index contributed by atoms with van der Waals surface area (Å²) in [5, 5.41) is 8.94. The average molecular weight is 606 g/mol. The molecule has 6 atom stereocenters. The molecule has 12 heteroatoms. The molecule has 0 spiro atoms. The lowest BCUT2D eigenvalue weighted by Crippen LogP contribution is -2.66. The Labute approximate surface area is 252 Å². The molecular formula is C31H45F2N5O5. The number of para-hydroxylation sites is 1. The minimum absolute atomic E-state index is 0.00312. The Morgan fingerprint density at radius 3 is 2.58 bits per heavy atom. The number of likely N-dealkylation sites (N-methyl/N-ethyl adjacent to an activating group) is 1. The first-order valence-corrected chi connectivity index (χ1v) is 15.6. The third kappa shape index (κ3) is 7.12. The molecule has 4 aliphatic rings. The van der Waals surface area contributed by atoms with Gasteiger partial charge in [-0.25, -0.2) is 8.78 Å². The van der Waals surface area contributed by atoms with E-state index < -0.39 is 30.0 Å². The Hall–Kier alpha value is -2.83. The second kappa shape index (κ2) is 13.4. The molecule has 0 bridgehead atoms. The molecule has 238 valence electrons. The van der Waals surface area contributed by atoms with Crippen molar-refractivity contribution in [3.05, 3.63) is 29.8 Å². The SMILES string of the molecule is CCOC1C[C@@H]2CN(C(=O)[C@@H](NC(=O)[C@@H](C)NC)C3CCC(F)(F)CC3)C(C(=O)N[C@@H]3CCOc4ccccc43)CN2C1. The second-order valence-electron chi connectivity index (χ2n) is 12.4. The van der Waals surface area contributed by atoms with Crippen LogP contribution in [-0.4, -0.2) is 104 Å². The van der Waals surface area contributed by atoms with Crippen LogP contribution < -0.4 is 20.7 Å². The number of hydrogen-bond acceptors (Lipinski definition) is 7. The molecule has 1 aliphatic carbocycles. The predicted octanol–water partition coefficient (Wildman–Crippen LogP) is 2.23. The van der Waals surface area contributed by atoms with Crippen molar-refractivity contribution >= 4 is 17.7 Å². The molecule has 0 aromatic heterocycles. The van der Waals surface area contributed by atoms with Gasteiger partial charge in [0.15, 0.2) is 0 Å². The second-order valence-corrected chi connectivity index (χ2v) is 12.4. The molecule has 0 radical (unpaired) electrons. The molecule has 2 saturated heterocycles. The van der Waals surface area contributed by atoms with Crippen molar-refractivity contribution in [2.75, 3.05) is 39.9 Å². The van der Waals surface area contributed by atoms with Crippen LogP contribution >= 0.6 is 0 Å². The molecule has 3 aliphatic heterocycles. The summed E-state index contributed by atoms with van der Waals surface area (Å²) in [6, 6.07) is 4.92. The summed E-state index contributed by atoms with van der Waals surface area (Å²) >= 11 is 0. The van der Waals surface area contributed by atoms with Crippen LogP contribution in [0.5, 0.6) is 5.75 Å². The molecule has 3 N–H and O–H groups in total. The molecule has 3 amide bonds. The van der Waals surface area contributed by atoms with E-state index in [0.717, 1.165) is 17.7 Å². The molecule has 1 aromatic carbocycles. The third-order valence-electron chi connectivity index (χ3n) is 9.57. The maximum absolute atomic E-state index is 14.5. The zero-order valence-corrected chi connectivity index (χ0v) is 25.3. The number of rotatable bonds is 9. The van der Waals surface area contributed by atoms with Crippen LogP contribution in [0.3, 0.4) is 0 Å². The first-order valence-electron chi connectivity index (χ1n) is 15.6. The summed E-state index contributed by atoms with van der Waals surface area (Å²) in [4.78, 5) is 45.3. The topological polar surface area (TPSA) is 112 Å². The monoisotopic (exact) mass is 605 g/mol. The van der Waals surface area contributed by atoms with Crippen molar-refractivity contribution in [3.63, 3.8) is 0 Å². The summed E-state index contributed by atoms with van der Waals surface area (Å²) in [5.41, 5.74) is 0.889. The molecule has 10 nitrogen and oxygen atoms in total. The van der Waals surface area contributed by atoms with Crippen LogP contribution in [0.1, 0.15) is 64.0 Å². The summed E-state index contributed by atoms with van der Waals surface area (Å²) in [5.74, 6) is -3.56. The molecule has 2 unspecified atom stereocenters. The molecule has 3 heterocycles. The van der Waals surface area contributed by atoms with E-state index in [1.165, 1.54) is 0 Å². The Morgan fingerprint density at radius 1 is 1.12 bits per heavy atom. The summed E-state index contributed by atoms with van der Waals surface area (Å²) < 4.78 is 39.9. The van der Waals surface area contributed by atoms with Gasteiger partial charge in [0.2, 0.25) is 23.6 Å². The van der Waals surface area contributed by atoms with Crippen LogP contribution in [-0.2, 0) is 19.1 Å². The lowest BCUT2D eigenvalue weighted by atomic mass is 9.81. The van der Waals surface area contributed by atoms with Gasteiger partial charge in [0, 0.05) is 57.1 Å². The fourth-order valence-electron chi connectivity index (χ4n) is 6.98. The van der Waals surface area contributed by atoms with E-state index in [1.54, 1.807) is 18.9 Å². The van der Waals surface area contributed by atoms with E-state index in [2.05, 4.69) is 20.9 Å². The largest absolute Gasteiger partial charge is 0.493 e. The fourth-order valence-corrected chi connectivity index (χ4v) is 6.98. The zero-order valence-electron chi connectivity index (χ0n) is 25.3. The number of carbonyl (C=O) groups is 3. The number of nitrogens with zero attached hydrogens (tertiary/aromatic N) is 2. The van der Waals surface area contributed by atoms with Crippen molar-refractivity contribution in [1.29, 1.82) is 0 Å². The van der Waals surface area contributed by atoms with Gasteiger partial charge in [-0.2, -0.15) is 0 Å². The first kappa shape index (κ1) is 31.6. The average Bonchev–Trinajstić information content (AvgIpc) is 3.40. The summed E-state index contributed by atoms with van der Waals surface area (Å²) in [6.45, 7) is 5.95. The van der Waals surface area contributed by atoms with Crippen molar-refractivity contribution < 1.29 is 32.6 Å². The van der Waals surface area contributed by atoms with Gasteiger partial charge in [-0.1, -0.05) is 18.2 Å². The van der Waals surface area contributed by atoms with E-state index in [9.17, 15) is 23.2 Å². The lowest BCUT2D eigenvalue weighted by molar-refractivity contribution is -0.150. The number of halogens is 2. The predicted molar refractivity (Wildman–Crippen MR) is 156 cm³/mol. The van der Waals surface area contributed by atoms with Gasteiger partial charge in [-0.3, -0.25) is 19.3 Å². The molecule has 5 rings (SSSR count). The third-order valence-corrected chi connectivity index (χ3v) is 9.57. The fraction of sp³-hybridized carbons (Fsp3) is 0.710. The van der Waals surface area contributed by atoms with Crippen molar-refractivity contribution in [2.24, 2.45) is 5.92 Å². The number of ether oxygens (including phenoxy) is 2. The van der Waals surface area contributed by atoms with E-state index in [0.29, 0.717) is 39.3 Å². The Morgan fingerprint density at radius 2 is 1.86 bits per heavy atom. The first-order chi connectivity index (χ1) is 20.6. The van der Waals surface area contributed by atoms with Gasteiger partial charge in [-0.05, 0) is 52.1 Å². The van der Waals surface area contributed by atoms with E-state index in [1.807, 2.05) is 31.2 Å². The number of nitrogens with one attached hydrogen (secondary N) is 3. The molecule has 43 heavy (non-hydrogen) atoms. The molecule has 3 fully saturated rings. The van der Waals surface area contributed by atoms with Crippen LogP contribution in [0.4, 0.5) is 8.78 Å². The summed E-state index contributed by atoms with van der Waals surface area (Å²) in [6.07, 6.45) is 0.883. The van der Waals surface area contributed by atoms with Crippen molar-refractivity contribution in [2.45, 2.75) is 94.6 Å².